The molecule has 0 fully saturated rings. The Hall–Kier alpha value is -2.22. The molecule has 1 aromatic heterocycles. The van der Waals surface area contributed by atoms with Crippen molar-refractivity contribution < 1.29 is 13.5 Å². The summed E-state index contributed by atoms with van der Waals surface area (Å²) in [5.41, 5.74) is 1.61. The molecule has 6 nitrogen and oxygen atoms in total. The van der Waals surface area contributed by atoms with Crippen molar-refractivity contribution in [2.75, 3.05) is 6.54 Å². The summed E-state index contributed by atoms with van der Waals surface area (Å²) < 4.78 is 27.0. The molecule has 120 valence electrons. The Morgan fingerprint density at radius 3 is 2.74 bits per heavy atom. The summed E-state index contributed by atoms with van der Waals surface area (Å²) in [7, 11) is -3.67. The molecular formula is C16H17N3O3S. The first-order valence-electron chi connectivity index (χ1n) is 7.19. The van der Waals surface area contributed by atoms with Crippen LogP contribution in [0.25, 0.3) is 10.9 Å². The molecule has 23 heavy (non-hydrogen) atoms. The highest BCUT2D eigenvalue weighted by Crippen LogP contribution is 2.16. The molecule has 0 aliphatic rings. The lowest BCUT2D eigenvalue weighted by molar-refractivity contribution is 0.179. The molecule has 1 atom stereocenters. The lowest BCUT2D eigenvalue weighted by Gasteiger charge is -2.12. The van der Waals surface area contributed by atoms with Crippen molar-refractivity contribution in [3.8, 4) is 0 Å². The second-order valence-electron chi connectivity index (χ2n) is 5.31. The predicted octanol–water partition coefficient (Wildman–Crippen LogP) is 1.44. The normalized spacial score (nSPS) is 13.3. The van der Waals surface area contributed by atoms with Crippen LogP contribution in [0.3, 0.4) is 0 Å². The second-order valence-corrected chi connectivity index (χ2v) is 7.08. The fraction of sp³-hybridized carbons (Fsp3) is 0.188. The highest BCUT2D eigenvalue weighted by Gasteiger charge is 2.17. The molecule has 3 aromatic rings. The van der Waals surface area contributed by atoms with E-state index in [4.69, 9.17) is 0 Å². The SMILES string of the molecule is O=S(=O)(NCC(O)Cc1ccccc1)c1ccc2cn[nH]c2c1. The van der Waals surface area contributed by atoms with Gasteiger partial charge in [0.1, 0.15) is 0 Å². The van der Waals surface area contributed by atoms with Gasteiger partial charge >= 0.3 is 0 Å². The van der Waals surface area contributed by atoms with Crippen LogP contribution < -0.4 is 4.72 Å². The third-order valence-electron chi connectivity index (χ3n) is 3.55. The molecule has 0 spiro atoms. The fourth-order valence-electron chi connectivity index (χ4n) is 2.33. The molecule has 7 heteroatoms. The van der Waals surface area contributed by atoms with Gasteiger partial charge in [-0.1, -0.05) is 30.3 Å². The summed E-state index contributed by atoms with van der Waals surface area (Å²) in [5, 5.41) is 17.5. The van der Waals surface area contributed by atoms with Gasteiger partial charge in [0.15, 0.2) is 0 Å². The van der Waals surface area contributed by atoms with E-state index < -0.39 is 16.1 Å². The van der Waals surface area contributed by atoms with E-state index in [-0.39, 0.29) is 11.4 Å². The monoisotopic (exact) mass is 331 g/mol. The minimum absolute atomic E-state index is 0.0434. The molecule has 0 radical (unpaired) electrons. The average molecular weight is 331 g/mol. The van der Waals surface area contributed by atoms with Crippen molar-refractivity contribution in [2.24, 2.45) is 0 Å². The van der Waals surface area contributed by atoms with Crippen LogP contribution in [0.2, 0.25) is 0 Å². The minimum Gasteiger partial charge on any atom is -0.391 e. The number of sulfonamides is 1. The van der Waals surface area contributed by atoms with E-state index in [1.165, 1.54) is 12.1 Å². The number of hydrogen-bond donors (Lipinski definition) is 3. The summed E-state index contributed by atoms with van der Waals surface area (Å²) in [5.74, 6) is 0. The van der Waals surface area contributed by atoms with Crippen LogP contribution >= 0.6 is 0 Å². The van der Waals surface area contributed by atoms with Gasteiger partial charge in [0.25, 0.3) is 0 Å². The van der Waals surface area contributed by atoms with Gasteiger partial charge in [0, 0.05) is 11.9 Å². The number of nitrogens with one attached hydrogen (secondary N) is 2. The molecule has 3 N–H and O–H groups in total. The molecule has 0 aliphatic carbocycles. The largest absolute Gasteiger partial charge is 0.391 e. The zero-order valence-corrected chi connectivity index (χ0v) is 13.1. The van der Waals surface area contributed by atoms with E-state index in [1.54, 1.807) is 12.3 Å². The number of aromatic nitrogens is 2. The molecule has 0 aliphatic heterocycles. The Kier molecular flexibility index (Phi) is 4.42. The third-order valence-corrected chi connectivity index (χ3v) is 4.97. The van der Waals surface area contributed by atoms with Crippen molar-refractivity contribution in [3.63, 3.8) is 0 Å². The van der Waals surface area contributed by atoms with Crippen LogP contribution in [0, 0.1) is 0 Å². The predicted molar refractivity (Wildman–Crippen MR) is 87.4 cm³/mol. The van der Waals surface area contributed by atoms with Gasteiger partial charge in [0.05, 0.1) is 22.7 Å². The van der Waals surface area contributed by atoms with Crippen LogP contribution in [0.4, 0.5) is 0 Å². The number of rotatable bonds is 6. The van der Waals surface area contributed by atoms with E-state index in [2.05, 4.69) is 14.9 Å². The maximum atomic E-state index is 12.3. The zero-order chi connectivity index (χ0) is 16.3. The van der Waals surface area contributed by atoms with Crippen molar-refractivity contribution in [3.05, 3.63) is 60.3 Å². The first kappa shape index (κ1) is 15.7. The minimum atomic E-state index is -3.67. The van der Waals surface area contributed by atoms with Gasteiger partial charge in [-0.15, -0.1) is 0 Å². The number of aliphatic hydroxyl groups excluding tert-OH is 1. The number of nitrogens with zero attached hydrogens (tertiary/aromatic N) is 1. The average Bonchev–Trinajstić information content (AvgIpc) is 3.02. The highest BCUT2D eigenvalue weighted by molar-refractivity contribution is 7.89. The third kappa shape index (κ3) is 3.76. The second kappa shape index (κ2) is 6.49. The summed E-state index contributed by atoms with van der Waals surface area (Å²) in [6.07, 6.45) is 1.23. The van der Waals surface area contributed by atoms with Crippen molar-refractivity contribution >= 4 is 20.9 Å². The molecule has 0 saturated heterocycles. The highest BCUT2D eigenvalue weighted by atomic mass is 32.2. The van der Waals surface area contributed by atoms with E-state index in [1.807, 2.05) is 30.3 Å². The molecule has 1 unspecified atom stereocenters. The van der Waals surface area contributed by atoms with Crippen LogP contribution in [0.5, 0.6) is 0 Å². The van der Waals surface area contributed by atoms with Gasteiger partial charge in [-0.05, 0) is 30.2 Å². The number of aromatic amines is 1. The Balaban J connectivity index is 1.66. The summed E-state index contributed by atoms with van der Waals surface area (Å²) >= 11 is 0. The summed E-state index contributed by atoms with van der Waals surface area (Å²) in [4.78, 5) is 0.140. The Labute approximate surface area is 134 Å². The topological polar surface area (TPSA) is 95.1 Å². The van der Waals surface area contributed by atoms with Crippen molar-refractivity contribution in [1.82, 2.24) is 14.9 Å². The quantitative estimate of drug-likeness (QED) is 0.637. The van der Waals surface area contributed by atoms with Gasteiger partial charge in [-0.2, -0.15) is 5.10 Å². The smallest absolute Gasteiger partial charge is 0.240 e. The number of fused-ring (bicyclic) bond motifs is 1. The maximum Gasteiger partial charge on any atom is 0.240 e. The molecule has 0 saturated carbocycles. The van der Waals surface area contributed by atoms with Crippen LogP contribution in [0.1, 0.15) is 5.56 Å². The van der Waals surface area contributed by atoms with Crippen molar-refractivity contribution in [1.29, 1.82) is 0 Å². The number of benzene rings is 2. The molecule has 0 bridgehead atoms. The molecule has 3 rings (SSSR count). The first-order valence-corrected chi connectivity index (χ1v) is 8.68. The van der Waals surface area contributed by atoms with E-state index in [0.717, 1.165) is 10.9 Å². The molecule has 0 amide bonds. The van der Waals surface area contributed by atoms with Crippen LogP contribution in [0.15, 0.2) is 59.6 Å². The zero-order valence-electron chi connectivity index (χ0n) is 12.3. The van der Waals surface area contributed by atoms with Crippen LogP contribution in [-0.2, 0) is 16.4 Å². The standard InChI is InChI=1S/C16H17N3O3S/c20-14(8-12-4-2-1-3-5-12)11-18-23(21,22)15-7-6-13-10-17-19-16(13)9-15/h1-7,9-10,14,18,20H,8,11H2,(H,17,19). The van der Waals surface area contributed by atoms with Gasteiger partial charge in [-0.25, -0.2) is 13.1 Å². The summed E-state index contributed by atoms with van der Waals surface area (Å²) in [6.45, 7) is -0.0434. The van der Waals surface area contributed by atoms with Gasteiger partial charge in [0.2, 0.25) is 10.0 Å². The fourth-order valence-corrected chi connectivity index (χ4v) is 3.43. The van der Waals surface area contributed by atoms with Gasteiger partial charge in [-0.3, -0.25) is 5.10 Å². The van der Waals surface area contributed by atoms with Crippen molar-refractivity contribution in [2.45, 2.75) is 17.4 Å². The number of hydrogen-bond acceptors (Lipinski definition) is 4. The lowest BCUT2D eigenvalue weighted by Crippen LogP contribution is -2.33. The molecular weight excluding hydrogens is 314 g/mol. The van der Waals surface area contributed by atoms with E-state index in [9.17, 15) is 13.5 Å². The van der Waals surface area contributed by atoms with Crippen LogP contribution in [-0.4, -0.2) is 36.4 Å². The summed E-state index contributed by atoms with van der Waals surface area (Å²) in [6, 6.07) is 14.2. The van der Waals surface area contributed by atoms with E-state index in [0.29, 0.717) is 11.9 Å². The molecule has 1 heterocycles. The first-order chi connectivity index (χ1) is 11.0. The van der Waals surface area contributed by atoms with E-state index >= 15 is 0 Å². The Morgan fingerprint density at radius 1 is 1.17 bits per heavy atom. The Bertz CT molecular complexity index is 891. The number of H-pyrrole nitrogens is 1. The Morgan fingerprint density at radius 2 is 1.96 bits per heavy atom. The maximum absolute atomic E-state index is 12.3. The number of aliphatic hydroxyl groups is 1. The molecule has 2 aromatic carbocycles. The lowest BCUT2D eigenvalue weighted by atomic mass is 10.1. The van der Waals surface area contributed by atoms with Gasteiger partial charge < -0.3 is 5.11 Å².